The van der Waals surface area contributed by atoms with Gasteiger partial charge in [0.1, 0.15) is 0 Å². The van der Waals surface area contributed by atoms with Gasteiger partial charge >= 0.3 is 0 Å². The van der Waals surface area contributed by atoms with Crippen LogP contribution in [0.25, 0.3) is 0 Å². The van der Waals surface area contributed by atoms with Gasteiger partial charge in [0.2, 0.25) is 0 Å². The van der Waals surface area contributed by atoms with Crippen LogP contribution in [0.4, 0.5) is 0 Å². The lowest BCUT2D eigenvalue weighted by molar-refractivity contribution is 0.0717. The molecule has 0 unspecified atom stereocenters. The SMILES string of the molecule is O=C1c2ccccc2CN1[C@H]1CCNC1. The molecule has 1 aromatic rings. The lowest BCUT2D eigenvalue weighted by atomic mass is 10.1. The van der Waals surface area contributed by atoms with Crippen molar-refractivity contribution in [1.29, 1.82) is 0 Å². The predicted molar refractivity (Wildman–Crippen MR) is 57.6 cm³/mol. The lowest BCUT2D eigenvalue weighted by Crippen LogP contribution is -2.36. The van der Waals surface area contributed by atoms with Crippen LogP contribution >= 0.6 is 0 Å². The van der Waals surface area contributed by atoms with Gasteiger partial charge in [-0.3, -0.25) is 4.79 Å². The second kappa shape index (κ2) is 3.35. The number of nitrogens with zero attached hydrogens (tertiary/aromatic N) is 1. The first-order valence-corrected chi connectivity index (χ1v) is 5.46. The third-order valence-corrected chi connectivity index (χ3v) is 3.32. The van der Waals surface area contributed by atoms with Gasteiger partial charge in [0.05, 0.1) is 0 Å². The molecule has 3 heteroatoms. The highest BCUT2D eigenvalue weighted by atomic mass is 16.2. The van der Waals surface area contributed by atoms with Gasteiger partial charge in [-0.25, -0.2) is 0 Å². The average molecular weight is 202 g/mol. The molecule has 2 heterocycles. The van der Waals surface area contributed by atoms with Gasteiger partial charge in [0, 0.05) is 24.7 Å². The Bertz CT molecular complexity index is 396. The van der Waals surface area contributed by atoms with Crippen molar-refractivity contribution < 1.29 is 4.79 Å². The standard InChI is InChI=1S/C12H14N2O/c15-12-11-4-2-1-3-9(11)8-14(12)10-5-6-13-7-10/h1-4,10,13H,5-8H2/t10-/m0/s1. The van der Waals surface area contributed by atoms with Gasteiger partial charge in [-0.05, 0) is 24.6 Å². The molecule has 0 saturated carbocycles. The summed E-state index contributed by atoms with van der Waals surface area (Å²) in [5.41, 5.74) is 2.07. The number of rotatable bonds is 1. The summed E-state index contributed by atoms with van der Waals surface area (Å²) >= 11 is 0. The Morgan fingerprint density at radius 1 is 1.33 bits per heavy atom. The zero-order chi connectivity index (χ0) is 10.3. The fourth-order valence-corrected chi connectivity index (χ4v) is 2.48. The molecular weight excluding hydrogens is 188 g/mol. The van der Waals surface area contributed by atoms with E-state index in [1.807, 2.05) is 23.1 Å². The lowest BCUT2D eigenvalue weighted by Gasteiger charge is -2.22. The van der Waals surface area contributed by atoms with Crippen LogP contribution in [0.15, 0.2) is 24.3 Å². The Balaban J connectivity index is 1.89. The number of nitrogens with one attached hydrogen (secondary N) is 1. The van der Waals surface area contributed by atoms with E-state index in [0.717, 1.165) is 31.6 Å². The van der Waals surface area contributed by atoms with Crippen LogP contribution in [0.5, 0.6) is 0 Å². The van der Waals surface area contributed by atoms with E-state index >= 15 is 0 Å². The van der Waals surface area contributed by atoms with Crippen LogP contribution in [0.3, 0.4) is 0 Å². The summed E-state index contributed by atoms with van der Waals surface area (Å²) in [5, 5.41) is 3.30. The van der Waals surface area contributed by atoms with Crippen molar-refractivity contribution in [3.05, 3.63) is 35.4 Å². The summed E-state index contributed by atoms with van der Waals surface area (Å²) < 4.78 is 0. The molecule has 1 atom stereocenters. The molecule has 2 aliphatic heterocycles. The maximum atomic E-state index is 12.1. The number of carbonyl (C=O) groups excluding carboxylic acids is 1. The predicted octanol–water partition coefficient (Wildman–Crippen LogP) is 1.00. The first kappa shape index (κ1) is 8.92. The molecule has 1 saturated heterocycles. The molecule has 0 aliphatic carbocycles. The number of amides is 1. The van der Waals surface area contributed by atoms with Crippen molar-refractivity contribution >= 4 is 5.91 Å². The molecule has 15 heavy (non-hydrogen) atoms. The van der Waals surface area contributed by atoms with Crippen molar-refractivity contribution in [1.82, 2.24) is 10.2 Å². The van der Waals surface area contributed by atoms with E-state index in [1.54, 1.807) is 0 Å². The van der Waals surface area contributed by atoms with Crippen molar-refractivity contribution in [3.8, 4) is 0 Å². The zero-order valence-corrected chi connectivity index (χ0v) is 8.57. The van der Waals surface area contributed by atoms with Gasteiger partial charge in [-0.1, -0.05) is 18.2 Å². The van der Waals surface area contributed by atoms with Crippen molar-refractivity contribution in [2.45, 2.75) is 19.0 Å². The van der Waals surface area contributed by atoms with Crippen molar-refractivity contribution in [2.75, 3.05) is 13.1 Å². The molecule has 0 aromatic heterocycles. The molecule has 0 spiro atoms. The van der Waals surface area contributed by atoms with Crippen LogP contribution < -0.4 is 5.32 Å². The third-order valence-electron chi connectivity index (χ3n) is 3.32. The summed E-state index contributed by atoms with van der Waals surface area (Å²) in [5.74, 6) is 0.208. The Labute approximate surface area is 89.1 Å². The fraction of sp³-hybridized carbons (Fsp3) is 0.417. The number of fused-ring (bicyclic) bond motifs is 1. The Morgan fingerprint density at radius 2 is 2.20 bits per heavy atom. The van der Waals surface area contributed by atoms with Crippen molar-refractivity contribution in [3.63, 3.8) is 0 Å². The van der Waals surface area contributed by atoms with E-state index in [1.165, 1.54) is 5.56 Å². The number of hydrogen-bond donors (Lipinski definition) is 1. The molecule has 1 aromatic carbocycles. The van der Waals surface area contributed by atoms with Gasteiger partial charge in [-0.2, -0.15) is 0 Å². The van der Waals surface area contributed by atoms with Gasteiger partial charge in [0.15, 0.2) is 0 Å². The third kappa shape index (κ3) is 1.35. The number of benzene rings is 1. The van der Waals surface area contributed by atoms with Crippen LogP contribution in [-0.4, -0.2) is 29.9 Å². The zero-order valence-electron chi connectivity index (χ0n) is 8.57. The summed E-state index contributed by atoms with van der Waals surface area (Å²) in [6.07, 6.45) is 1.08. The summed E-state index contributed by atoms with van der Waals surface area (Å²) in [7, 11) is 0. The average Bonchev–Trinajstić information content (AvgIpc) is 2.87. The van der Waals surface area contributed by atoms with E-state index in [-0.39, 0.29) is 5.91 Å². The van der Waals surface area contributed by atoms with Gasteiger partial charge in [0.25, 0.3) is 5.91 Å². The highest BCUT2D eigenvalue weighted by Gasteiger charge is 2.33. The maximum Gasteiger partial charge on any atom is 0.254 e. The molecular formula is C12H14N2O. The largest absolute Gasteiger partial charge is 0.330 e. The molecule has 78 valence electrons. The summed E-state index contributed by atoms with van der Waals surface area (Å²) in [6.45, 7) is 2.77. The van der Waals surface area contributed by atoms with Gasteiger partial charge < -0.3 is 10.2 Å². The minimum absolute atomic E-state index is 0.208. The summed E-state index contributed by atoms with van der Waals surface area (Å²) in [4.78, 5) is 14.1. The van der Waals surface area contributed by atoms with Gasteiger partial charge in [-0.15, -0.1) is 0 Å². The van der Waals surface area contributed by atoms with Crippen LogP contribution in [-0.2, 0) is 6.54 Å². The highest BCUT2D eigenvalue weighted by molar-refractivity contribution is 5.98. The van der Waals surface area contributed by atoms with E-state index in [2.05, 4.69) is 11.4 Å². The first-order valence-electron chi connectivity index (χ1n) is 5.46. The minimum atomic E-state index is 0.208. The fourth-order valence-electron chi connectivity index (χ4n) is 2.48. The molecule has 3 nitrogen and oxygen atoms in total. The Hall–Kier alpha value is -1.35. The molecule has 2 aliphatic rings. The monoisotopic (exact) mass is 202 g/mol. The van der Waals surface area contributed by atoms with E-state index < -0.39 is 0 Å². The van der Waals surface area contributed by atoms with Crippen LogP contribution in [0, 0.1) is 0 Å². The van der Waals surface area contributed by atoms with Crippen LogP contribution in [0.2, 0.25) is 0 Å². The van der Waals surface area contributed by atoms with E-state index in [4.69, 9.17) is 0 Å². The topological polar surface area (TPSA) is 32.3 Å². The summed E-state index contributed by atoms with van der Waals surface area (Å²) in [6, 6.07) is 8.32. The molecule has 0 radical (unpaired) electrons. The molecule has 1 N–H and O–H groups in total. The minimum Gasteiger partial charge on any atom is -0.330 e. The quantitative estimate of drug-likeness (QED) is 0.737. The first-order chi connectivity index (χ1) is 7.36. The van der Waals surface area contributed by atoms with Crippen LogP contribution in [0.1, 0.15) is 22.3 Å². The smallest absolute Gasteiger partial charge is 0.254 e. The molecule has 1 amide bonds. The molecule has 1 fully saturated rings. The number of hydrogen-bond acceptors (Lipinski definition) is 2. The number of carbonyl (C=O) groups is 1. The van der Waals surface area contributed by atoms with Crippen molar-refractivity contribution in [2.24, 2.45) is 0 Å². The second-order valence-corrected chi connectivity index (χ2v) is 4.24. The second-order valence-electron chi connectivity index (χ2n) is 4.24. The Kier molecular flexibility index (Phi) is 1.99. The molecule has 3 rings (SSSR count). The normalized spacial score (nSPS) is 24.7. The van der Waals surface area contributed by atoms with E-state index in [9.17, 15) is 4.79 Å². The molecule has 0 bridgehead atoms. The Morgan fingerprint density at radius 3 is 2.93 bits per heavy atom. The maximum absolute atomic E-state index is 12.1. The van der Waals surface area contributed by atoms with E-state index in [0.29, 0.717) is 6.04 Å². The highest BCUT2D eigenvalue weighted by Crippen LogP contribution is 2.25.